The van der Waals surface area contributed by atoms with Crippen LogP contribution in [0.5, 0.6) is 0 Å². The molecular formula is C13H12ClN5. The van der Waals surface area contributed by atoms with Gasteiger partial charge in [-0.3, -0.25) is 0 Å². The molecule has 0 atom stereocenters. The molecule has 0 saturated heterocycles. The Morgan fingerprint density at radius 2 is 2.16 bits per heavy atom. The Bertz CT molecular complexity index is 722. The van der Waals surface area contributed by atoms with Crippen molar-refractivity contribution in [3.63, 3.8) is 0 Å². The van der Waals surface area contributed by atoms with Crippen LogP contribution < -0.4 is 11.1 Å². The predicted molar refractivity (Wildman–Crippen MR) is 76.5 cm³/mol. The van der Waals surface area contributed by atoms with E-state index in [9.17, 15) is 0 Å². The first-order valence-corrected chi connectivity index (χ1v) is 6.19. The Balaban J connectivity index is 2.02. The van der Waals surface area contributed by atoms with Gasteiger partial charge < -0.3 is 16.0 Å². The Morgan fingerprint density at radius 1 is 1.26 bits per heavy atom. The van der Waals surface area contributed by atoms with Crippen molar-refractivity contribution in [2.75, 3.05) is 5.32 Å². The summed E-state index contributed by atoms with van der Waals surface area (Å²) in [4.78, 5) is 11.6. The van der Waals surface area contributed by atoms with Gasteiger partial charge in [-0.2, -0.15) is 0 Å². The van der Waals surface area contributed by atoms with Crippen molar-refractivity contribution in [2.24, 2.45) is 5.73 Å². The first kappa shape index (κ1) is 12.0. The number of nitrogens with zero attached hydrogens (tertiary/aromatic N) is 2. The zero-order valence-electron chi connectivity index (χ0n) is 10.0. The van der Waals surface area contributed by atoms with Crippen LogP contribution in [0.4, 0.5) is 11.5 Å². The number of benzene rings is 1. The molecule has 5 nitrogen and oxygen atoms in total. The van der Waals surface area contributed by atoms with Crippen LogP contribution in [0.3, 0.4) is 0 Å². The van der Waals surface area contributed by atoms with Gasteiger partial charge in [0, 0.05) is 22.9 Å². The second-order valence-corrected chi connectivity index (χ2v) is 4.56. The van der Waals surface area contributed by atoms with E-state index < -0.39 is 0 Å². The fourth-order valence-electron chi connectivity index (χ4n) is 1.91. The largest absolute Gasteiger partial charge is 0.342 e. The van der Waals surface area contributed by atoms with E-state index >= 15 is 0 Å². The number of anilines is 2. The topological polar surface area (TPSA) is 79.6 Å². The Morgan fingerprint density at radius 3 is 2.95 bits per heavy atom. The van der Waals surface area contributed by atoms with E-state index in [0.717, 1.165) is 28.2 Å². The summed E-state index contributed by atoms with van der Waals surface area (Å²) < 4.78 is 0. The number of aromatic amines is 1. The maximum absolute atomic E-state index is 5.96. The van der Waals surface area contributed by atoms with Crippen LogP contribution in [-0.2, 0) is 6.54 Å². The Kier molecular flexibility index (Phi) is 3.06. The van der Waals surface area contributed by atoms with Crippen LogP contribution in [0.2, 0.25) is 5.02 Å². The van der Waals surface area contributed by atoms with Crippen LogP contribution in [0, 0.1) is 0 Å². The third-order valence-electron chi connectivity index (χ3n) is 2.79. The average Bonchev–Trinajstić information content (AvgIpc) is 2.83. The summed E-state index contributed by atoms with van der Waals surface area (Å²) in [5, 5.41) is 4.81. The number of hydrogen-bond donors (Lipinski definition) is 3. The molecule has 4 N–H and O–H groups in total. The quantitative estimate of drug-likeness (QED) is 0.685. The number of aromatic nitrogens is 3. The average molecular weight is 274 g/mol. The fraction of sp³-hybridized carbons (Fsp3) is 0.0769. The van der Waals surface area contributed by atoms with Gasteiger partial charge in [-0.1, -0.05) is 17.7 Å². The van der Waals surface area contributed by atoms with E-state index in [4.69, 9.17) is 17.3 Å². The lowest BCUT2D eigenvalue weighted by atomic mass is 10.3. The molecule has 0 saturated carbocycles. The molecule has 3 aromatic rings. The van der Waals surface area contributed by atoms with Gasteiger partial charge in [-0.15, -0.1) is 0 Å². The number of fused-ring (bicyclic) bond motifs is 1. The second kappa shape index (κ2) is 4.87. The van der Waals surface area contributed by atoms with Crippen LogP contribution >= 0.6 is 11.6 Å². The molecule has 19 heavy (non-hydrogen) atoms. The number of rotatable bonds is 3. The molecule has 1 aromatic carbocycles. The standard InChI is InChI=1S/C13H12ClN5/c14-8-2-1-3-9(4-8)18-12-11-5-10(6-15)19-13(11)17-7-16-12/h1-5,7H,6,15H2,(H2,16,17,18,19). The van der Waals surface area contributed by atoms with Gasteiger partial charge in [-0.25, -0.2) is 9.97 Å². The molecular weight excluding hydrogens is 262 g/mol. The molecule has 0 spiro atoms. The Hall–Kier alpha value is -2.11. The van der Waals surface area contributed by atoms with Crippen molar-refractivity contribution in [1.82, 2.24) is 15.0 Å². The zero-order valence-corrected chi connectivity index (χ0v) is 10.8. The zero-order chi connectivity index (χ0) is 13.2. The van der Waals surface area contributed by atoms with E-state index in [1.807, 2.05) is 30.3 Å². The van der Waals surface area contributed by atoms with Gasteiger partial charge in [-0.05, 0) is 24.3 Å². The van der Waals surface area contributed by atoms with E-state index in [0.29, 0.717) is 11.6 Å². The van der Waals surface area contributed by atoms with Crippen LogP contribution in [0.25, 0.3) is 11.0 Å². The minimum absolute atomic E-state index is 0.437. The smallest absolute Gasteiger partial charge is 0.143 e. The molecule has 96 valence electrons. The maximum Gasteiger partial charge on any atom is 0.143 e. The molecule has 0 aliphatic heterocycles. The molecule has 0 fully saturated rings. The lowest BCUT2D eigenvalue weighted by Gasteiger charge is -2.06. The van der Waals surface area contributed by atoms with Crippen LogP contribution in [0.15, 0.2) is 36.7 Å². The lowest BCUT2D eigenvalue weighted by molar-refractivity contribution is 1.01. The number of nitrogens with one attached hydrogen (secondary N) is 2. The van der Waals surface area contributed by atoms with Crippen molar-refractivity contribution < 1.29 is 0 Å². The van der Waals surface area contributed by atoms with Gasteiger partial charge in [0.1, 0.15) is 17.8 Å². The van der Waals surface area contributed by atoms with E-state index in [-0.39, 0.29) is 0 Å². The maximum atomic E-state index is 5.96. The summed E-state index contributed by atoms with van der Waals surface area (Å²) in [6, 6.07) is 9.42. The predicted octanol–water partition coefficient (Wildman–Crippen LogP) is 2.81. The third-order valence-corrected chi connectivity index (χ3v) is 3.02. The minimum Gasteiger partial charge on any atom is -0.342 e. The summed E-state index contributed by atoms with van der Waals surface area (Å²) in [7, 11) is 0. The number of nitrogens with two attached hydrogens (primary N) is 1. The van der Waals surface area contributed by atoms with Gasteiger partial charge in [0.15, 0.2) is 0 Å². The van der Waals surface area contributed by atoms with Gasteiger partial charge in [0.25, 0.3) is 0 Å². The molecule has 0 bridgehead atoms. The van der Waals surface area contributed by atoms with Gasteiger partial charge in [0.2, 0.25) is 0 Å². The van der Waals surface area contributed by atoms with Gasteiger partial charge >= 0.3 is 0 Å². The summed E-state index contributed by atoms with van der Waals surface area (Å²) in [6.07, 6.45) is 1.51. The third kappa shape index (κ3) is 2.38. The number of halogens is 1. The van der Waals surface area contributed by atoms with Crippen LogP contribution in [0.1, 0.15) is 5.69 Å². The number of H-pyrrole nitrogens is 1. The van der Waals surface area contributed by atoms with E-state index in [2.05, 4.69) is 20.3 Å². The summed E-state index contributed by atoms with van der Waals surface area (Å²) >= 11 is 5.96. The molecule has 6 heteroatoms. The minimum atomic E-state index is 0.437. The normalized spacial score (nSPS) is 10.8. The lowest BCUT2D eigenvalue weighted by Crippen LogP contribution is -1.95. The molecule has 2 heterocycles. The monoisotopic (exact) mass is 273 g/mol. The van der Waals surface area contributed by atoms with E-state index in [1.54, 1.807) is 0 Å². The van der Waals surface area contributed by atoms with Crippen molar-refractivity contribution >= 4 is 34.1 Å². The molecule has 3 rings (SSSR count). The molecule has 0 amide bonds. The van der Waals surface area contributed by atoms with Gasteiger partial charge in [0.05, 0.1) is 5.39 Å². The fourth-order valence-corrected chi connectivity index (χ4v) is 2.10. The molecule has 0 radical (unpaired) electrons. The highest BCUT2D eigenvalue weighted by atomic mass is 35.5. The molecule has 0 aliphatic rings. The summed E-state index contributed by atoms with van der Waals surface area (Å²) in [5.74, 6) is 0.725. The van der Waals surface area contributed by atoms with E-state index in [1.165, 1.54) is 6.33 Å². The van der Waals surface area contributed by atoms with Crippen LogP contribution in [-0.4, -0.2) is 15.0 Å². The van der Waals surface area contributed by atoms with Crippen molar-refractivity contribution in [2.45, 2.75) is 6.54 Å². The number of hydrogen-bond acceptors (Lipinski definition) is 4. The van der Waals surface area contributed by atoms with Crippen molar-refractivity contribution in [3.8, 4) is 0 Å². The van der Waals surface area contributed by atoms with Crippen molar-refractivity contribution in [1.29, 1.82) is 0 Å². The molecule has 2 aromatic heterocycles. The first-order valence-electron chi connectivity index (χ1n) is 5.81. The second-order valence-electron chi connectivity index (χ2n) is 4.12. The Labute approximate surface area is 114 Å². The summed E-state index contributed by atoms with van der Waals surface area (Å²) in [6.45, 7) is 0.437. The summed E-state index contributed by atoms with van der Waals surface area (Å²) in [5.41, 5.74) is 8.18. The first-order chi connectivity index (χ1) is 9.26. The highest BCUT2D eigenvalue weighted by Crippen LogP contribution is 2.24. The highest BCUT2D eigenvalue weighted by Gasteiger charge is 2.07. The SMILES string of the molecule is NCc1cc2c(Nc3cccc(Cl)c3)ncnc2[nH]1. The molecule has 0 unspecified atom stereocenters. The highest BCUT2D eigenvalue weighted by molar-refractivity contribution is 6.30. The van der Waals surface area contributed by atoms with Crippen molar-refractivity contribution in [3.05, 3.63) is 47.4 Å². The molecule has 0 aliphatic carbocycles.